The third-order valence-corrected chi connectivity index (χ3v) is 4.93. The van der Waals surface area contributed by atoms with Gasteiger partial charge < -0.3 is 5.32 Å². The Morgan fingerprint density at radius 1 is 1.06 bits per heavy atom. The lowest BCUT2D eigenvalue weighted by atomic mass is 10.1. The van der Waals surface area contributed by atoms with Crippen molar-refractivity contribution in [3.05, 3.63) is 53.2 Å². The van der Waals surface area contributed by atoms with Crippen molar-refractivity contribution in [2.24, 2.45) is 7.05 Å². The molecule has 15 heteroatoms. The van der Waals surface area contributed by atoms with Crippen molar-refractivity contribution < 1.29 is 44.3 Å². The van der Waals surface area contributed by atoms with Gasteiger partial charge in [-0.05, 0) is 17.7 Å². The Balaban J connectivity index is 2.09. The van der Waals surface area contributed by atoms with Crippen LogP contribution in [0.3, 0.4) is 0 Å². The van der Waals surface area contributed by atoms with Crippen LogP contribution in [0.4, 0.5) is 39.5 Å². The fraction of sp³-hybridized carbons (Fsp3) is 0.350. The summed E-state index contributed by atoms with van der Waals surface area (Å²) in [6.45, 7) is 1.40. The quantitative estimate of drug-likeness (QED) is 0.466. The van der Waals surface area contributed by atoms with E-state index in [-0.39, 0.29) is 40.2 Å². The molecular formula is C20H16F9N5O. The zero-order valence-electron chi connectivity index (χ0n) is 17.9. The highest BCUT2D eigenvalue weighted by Gasteiger charge is 2.64. The average molecular weight is 513 g/mol. The number of aryl methyl sites for hydroxylation is 1. The maximum atomic E-state index is 14.1. The van der Waals surface area contributed by atoms with Crippen molar-refractivity contribution >= 4 is 5.91 Å². The van der Waals surface area contributed by atoms with Gasteiger partial charge in [-0.25, -0.2) is 13.8 Å². The number of hydrogen-bond donors (Lipinski definition) is 1. The van der Waals surface area contributed by atoms with E-state index in [0.717, 1.165) is 25.5 Å². The Labute approximate surface area is 191 Å². The number of rotatable bonds is 6. The summed E-state index contributed by atoms with van der Waals surface area (Å²) in [5, 5.41) is 8.95. The summed E-state index contributed by atoms with van der Waals surface area (Å²) in [6.07, 6.45) is -9.87. The number of halogens is 9. The van der Waals surface area contributed by atoms with E-state index in [1.54, 1.807) is 6.92 Å². The second kappa shape index (κ2) is 8.92. The van der Waals surface area contributed by atoms with Crippen LogP contribution in [0.2, 0.25) is 0 Å². The van der Waals surface area contributed by atoms with E-state index in [0.29, 0.717) is 4.68 Å². The number of benzene rings is 1. The molecule has 190 valence electrons. The molecule has 0 unspecified atom stereocenters. The summed E-state index contributed by atoms with van der Waals surface area (Å²) in [5.41, 5.74) is -4.45. The molecule has 0 aliphatic carbocycles. The number of nitrogens with zero attached hydrogens (tertiary/aromatic N) is 4. The number of carbonyl (C=O) groups excluding carboxylic acids is 1. The molecule has 0 saturated heterocycles. The molecule has 3 rings (SSSR count). The van der Waals surface area contributed by atoms with Gasteiger partial charge in [0, 0.05) is 37.3 Å². The van der Waals surface area contributed by atoms with Gasteiger partial charge in [0.1, 0.15) is 11.4 Å². The van der Waals surface area contributed by atoms with Crippen LogP contribution in [0.15, 0.2) is 30.6 Å². The Morgan fingerprint density at radius 2 is 1.71 bits per heavy atom. The van der Waals surface area contributed by atoms with E-state index in [1.807, 2.05) is 0 Å². The van der Waals surface area contributed by atoms with Gasteiger partial charge in [0.2, 0.25) is 5.91 Å². The third kappa shape index (κ3) is 4.98. The fourth-order valence-corrected chi connectivity index (χ4v) is 3.19. The molecule has 6 nitrogen and oxygen atoms in total. The lowest BCUT2D eigenvalue weighted by Gasteiger charge is -2.19. The summed E-state index contributed by atoms with van der Waals surface area (Å²) < 4.78 is 122. The Hall–Kier alpha value is -3.52. The lowest BCUT2D eigenvalue weighted by Crippen LogP contribution is -2.36. The van der Waals surface area contributed by atoms with Crippen LogP contribution >= 0.6 is 0 Å². The minimum absolute atomic E-state index is 0.0423. The van der Waals surface area contributed by atoms with Crippen molar-refractivity contribution in [3.63, 3.8) is 0 Å². The molecule has 1 N–H and O–H groups in total. The van der Waals surface area contributed by atoms with Crippen LogP contribution in [0.1, 0.15) is 30.2 Å². The normalized spacial score (nSPS) is 12.8. The minimum Gasteiger partial charge on any atom is -0.352 e. The van der Waals surface area contributed by atoms with Crippen LogP contribution in [-0.4, -0.2) is 31.6 Å². The lowest BCUT2D eigenvalue weighted by molar-refractivity contribution is -0.292. The van der Waals surface area contributed by atoms with Crippen LogP contribution in [-0.2, 0) is 30.5 Å². The number of carbonyl (C=O) groups is 1. The monoisotopic (exact) mass is 513 g/mol. The van der Waals surface area contributed by atoms with Gasteiger partial charge in [-0.2, -0.15) is 45.3 Å². The number of aromatic nitrogens is 4. The van der Waals surface area contributed by atoms with E-state index >= 15 is 0 Å². The highest BCUT2D eigenvalue weighted by atomic mass is 19.4. The van der Waals surface area contributed by atoms with Crippen molar-refractivity contribution in [1.29, 1.82) is 0 Å². The third-order valence-electron chi connectivity index (χ3n) is 4.93. The fourth-order valence-electron chi connectivity index (χ4n) is 3.19. The van der Waals surface area contributed by atoms with Crippen molar-refractivity contribution in [1.82, 2.24) is 24.9 Å². The summed E-state index contributed by atoms with van der Waals surface area (Å²) in [7, 11) is 0.758. The van der Waals surface area contributed by atoms with Crippen molar-refractivity contribution in [2.75, 3.05) is 0 Å². The molecule has 35 heavy (non-hydrogen) atoms. The van der Waals surface area contributed by atoms with E-state index in [9.17, 15) is 44.3 Å². The number of nitrogens with one attached hydrogen (secondary N) is 1. The maximum Gasteiger partial charge on any atom is 0.459 e. The predicted molar refractivity (Wildman–Crippen MR) is 103 cm³/mol. The first-order valence-electron chi connectivity index (χ1n) is 9.77. The molecule has 3 aromatic rings. The molecule has 1 aromatic carbocycles. The first-order chi connectivity index (χ1) is 16.1. The van der Waals surface area contributed by atoms with E-state index in [2.05, 4.69) is 15.5 Å². The van der Waals surface area contributed by atoms with Crippen LogP contribution < -0.4 is 5.32 Å². The topological polar surface area (TPSA) is 64.7 Å². The van der Waals surface area contributed by atoms with E-state index in [1.165, 1.54) is 12.1 Å². The molecule has 0 aliphatic heterocycles. The van der Waals surface area contributed by atoms with E-state index in [4.69, 9.17) is 0 Å². The Bertz CT molecular complexity index is 1240. The summed E-state index contributed by atoms with van der Waals surface area (Å²) in [5.74, 6) is -8.11. The van der Waals surface area contributed by atoms with Gasteiger partial charge in [0.15, 0.2) is 11.5 Å². The predicted octanol–water partition coefficient (Wildman–Crippen LogP) is 5.11. The molecule has 2 heterocycles. The highest BCUT2D eigenvalue weighted by molar-refractivity contribution is 5.75. The number of alkyl halides is 8. The van der Waals surface area contributed by atoms with E-state index < -0.39 is 41.2 Å². The molecule has 0 atom stereocenters. The molecule has 2 aromatic heterocycles. The van der Waals surface area contributed by atoms with Gasteiger partial charge in [0.05, 0.1) is 6.20 Å². The molecule has 1 amide bonds. The molecule has 0 radical (unpaired) electrons. The second-order valence-corrected chi connectivity index (χ2v) is 7.35. The smallest absolute Gasteiger partial charge is 0.352 e. The average Bonchev–Trinajstić information content (AvgIpc) is 3.36. The molecule has 0 bridgehead atoms. The Kier molecular flexibility index (Phi) is 6.65. The van der Waals surface area contributed by atoms with Crippen LogP contribution in [0.25, 0.3) is 16.9 Å². The second-order valence-electron chi connectivity index (χ2n) is 7.35. The van der Waals surface area contributed by atoms with Gasteiger partial charge in [-0.1, -0.05) is 13.0 Å². The standard InChI is InChI=1S/C20H16F9N5O/c1-3-14(35)30-7-11-6-10(4-5-13(11)21)12-8-31-34(9-12)17-15(19(24,25)26)16(32-33(17)2)18(22,23)20(27,28)29/h4-6,8-9H,3,7H2,1-2H3,(H,30,35). The first-order valence-corrected chi connectivity index (χ1v) is 9.77. The van der Waals surface area contributed by atoms with Crippen molar-refractivity contribution in [2.45, 2.75) is 38.2 Å². The Morgan fingerprint density at radius 3 is 2.29 bits per heavy atom. The number of hydrogen-bond acceptors (Lipinski definition) is 3. The van der Waals surface area contributed by atoms with Gasteiger partial charge in [-0.3, -0.25) is 4.79 Å². The van der Waals surface area contributed by atoms with Crippen molar-refractivity contribution in [3.8, 4) is 16.9 Å². The number of amides is 1. The maximum absolute atomic E-state index is 14.1. The van der Waals surface area contributed by atoms with Gasteiger partial charge in [-0.15, -0.1) is 0 Å². The zero-order chi connectivity index (χ0) is 26.3. The highest BCUT2D eigenvalue weighted by Crippen LogP contribution is 2.49. The molecule has 0 spiro atoms. The summed E-state index contributed by atoms with van der Waals surface area (Å²) in [4.78, 5) is 11.4. The summed E-state index contributed by atoms with van der Waals surface area (Å²) in [6, 6.07) is 3.57. The summed E-state index contributed by atoms with van der Waals surface area (Å²) >= 11 is 0. The van der Waals surface area contributed by atoms with Crippen LogP contribution in [0, 0.1) is 5.82 Å². The zero-order valence-corrected chi connectivity index (χ0v) is 17.9. The molecule has 0 aliphatic rings. The van der Waals surface area contributed by atoms with Gasteiger partial charge in [0.25, 0.3) is 0 Å². The SMILES string of the molecule is CCC(=O)NCc1cc(-c2cnn(-c3c(C(F)(F)F)c(C(F)(F)C(F)(F)F)nn3C)c2)ccc1F. The molecule has 0 fully saturated rings. The molecule has 0 saturated carbocycles. The first kappa shape index (κ1) is 26.1. The largest absolute Gasteiger partial charge is 0.459 e. The van der Waals surface area contributed by atoms with Crippen LogP contribution in [0.5, 0.6) is 0 Å². The minimum atomic E-state index is -6.33. The van der Waals surface area contributed by atoms with Gasteiger partial charge >= 0.3 is 18.3 Å². The molecular weight excluding hydrogens is 497 g/mol.